The molecule has 19 heavy (non-hydrogen) atoms. The molecule has 0 spiro atoms. The van der Waals surface area contributed by atoms with Crippen molar-refractivity contribution in [3.05, 3.63) is 17.8 Å². The van der Waals surface area contributed by atoms with Crippen LogP contribution in [0, 0.1) is 5.92 Å². The van der Waals surface area contributed by atoms with E-state index < -0.39 is 0 Å². The van der Waals surface area contributed by atoms with E-state index in [1.54, 1.807) is 7.11 Å². The van der Waals surface area contributed by atoms with Gasteiger partial charge in [-0.2, -0.15) is 0 Å². The molecule has 1 heterocycles. The van der Waals surface area contributed by atoms with Crippen molar-refractivity contribution < 1.29 is 9.15 Å². The van der Waals surface area contributed by atoms with Gasteiger partial charge in [0.25, 0.3) is 0 Å². The van der Waals surface area contributed by atoms with Gasteiger partial charge < -0.3 is 14.5 Å². The zero-order chi connectivity index (χ0) is 13.5. The molecule has 1 aliphatic rings. The zero-order valence-electron chi connectivity index (χ0n) is 12.2. The van der Waals surface area contributed by atoms with Crippen LogP contribution in [0.5, 0.6) is 0 Å². The van der Waals surface area contributed by atoms with Gasteiger partial charge in [-0.3, -0.25) is 0 Å². The van der Waals surface area contributed by atoms with Crippen LogP contribution < -0.4 is 5.32 Å². The summed E-state index contributed by atoms with van der Waals surface area (Å²) in [6.07, 6.45) is 7.83. The summed E-state index contributed by atoms with van der Waals surface area (Å²) in [5, 5.41) is 3.33. The minimum absolute atomic E-state index is 0.598. The van der Waals surface area contributed by atoms with Gasteiger partial charge in [0, 0.05) is 26.0 Å². The molecule has 0 radical (unpaired) electrons. The molecule has 1 aromatic heterocycles. The number of methoxy groups -OCH3 is 1. The number of hydrogen-bond acceptors (Lipinski definition) is 4. The van der Waals surface area contributed by atoms with Gasteiger partial charge in [0.15, 0.2) is 5.89 Å². The molecule has 2 atom stereocenters. The average molecular weight is 266 g/mol. The number of oxazole rings is 1. The summed E-state index contributed by atoms with van der Waals surface area (Å²) in [6.45, 7) is 4.98. The molecule has 0 bridgehead atoms. The summed E-state index contributed by atoms with van der Waals surface area (Å²) >= 11 is 0. The molecule has 1 fully saturated rings. The van der Waals surface area contributed by atoms with E-state index in [1.807, 2.05) is 6.20 Å². The highest BCUT2D eigenvalue weighted by atomic mass is 16.5. The molecule has 4 nitrogen and oxygen atoms in total. The topological polar surface area (TPSA) is 47.3 Å². The Bertz CT molecular complexity index is 365. The molecule has 0 saturated heterocycles. The maximum Gasteiger partial charge on any atom is 0.194 e. The Labute approximate surface area is 115 Å². The SMILES string of the molecule is COCCNCCCc1ncc(C2CCCC2C)o1. The molecule has 108 valence electrons. The van der Waals surface area contributed by atoms with Gasteiger partial charge in [0.2, 0.25) is 0 Å². The highest BCUT2D eigenvalue weighted by Gasteiger charge is 2.27. The highest BCUT2D eigenvalue weighted by molar-refractivity contribution is 5.05. The van der Waals surface area contributed by atoms with E-state index >= 15 is 0 Å². The van der Waals surface area contributed by atoms with Crippen molar-refractivity contribution in [2.45, 2.75) is 44.9 Å². The lowest BCUT2D eigenvalue weighted by Gasteiger charge is -2.10. The van der Waals surface area contributed by atoms with Crippen molar-refractivity contribution in [2.75, 3.05) is 26.8 Å². The number of aryl methyl sites for hydroxylation is 1. The largest absolute Gasteiger partial charge is 0.445 e. The summed E-state index contributed by atoms with van der Waals surface area (Å²) in [5.41, 5.74) is 0. The number of aromatic nitrogens is 1. The number of rotatable bonds is 8. The Balaban J connectivity index is 1.69. The van der Waals surface area contributed by atoms with Crippen molar-refractivity contribution in [3.8, 4) is 0 Å². The second-order valence-electron chi connectivity index (χ2n) is 5.52. The number of hydrogen-bond donors (Lipinski definition) is 1. The van der Waals surface area contributed by atoms with Gasteiger partial charge >= 0.3 is 0 Å². The van der Waals surface area contributed by atoms with Gasteiger partial charge in [-0.1, -0.05) is 13.3 Å². The summed E-state index contributed by atoms with van der Waals surface area (Å²) in [7, 11) is 1.72. The van der Waals surface area contributed by atoms with Gasteiger partial charge in [0.05, 0.1) is 12.8 Å². The van der Waals surface area contributed by atoms with Crippen molar-refractivity contribution in [1.82, 2.24) is 10.3 Å². The lowest BCUT2D eigenvalue weighted by molar-refractivity contribution is 0.199. The number of nitrogens with zero attached hydrogens (tertiary/aromatic N) is 1. The Morgan fingerprint density at radius 2 is 2.32 bits per heavy atom. The van der Waals surface area contributed by atoms with Gasteiger partial charge in [-0.15, -0.1) is 0 Å². The number of nitrogens with one attached hydrogen (secondary N) is 1. The molecule has 1 aromatic rings. The molecule has 0 amide bonds. The molecule has 1 aliphatic carbocycles. The predicted octanol–water partition coefficient (Wildman–Crippen LogP) is 2.75. The van der Waals surface area contributed by atoms with Crippen LogP contribution in [-0.4, -0.2) is 31.8 Å². The predicted molar refractivity (Wildman–Crippen MR) is 75.3 cm³/mol. The van der Waals surface area contributed by atoms with E-state index in [9.17, 15) is 0 Å². The van der Waals surface area contributed by atoms with Crippen molar-refractivity contribution in [1.29, 1.82) is 0 Å². The third-order valence-corrected chi connectivity index (χ3v) is 4.03. The van der Waals surface area contributed by atoms with Crippen LogP contribution in [0.1, 0.15) is 50.2 Å². The molecular weight excluding hydrogens is 240 g/mol. The lowest BCUT2D eigenvalue weighted by Crippen LogP contribution is -2.20. The highest BCUT2D eigenvalue weighted by Crippen LogP contribution is 2.39. The monoisotopic (exact) mass is 266 g/mol. The first-order chi connectivity index (χ1) is 9.31. The van der Waals surface area contributed by atoms with Crippen molar-refractivity contribution >= 4 is 0 Å². The second-order valence-corrected chi connectivity index (χ2v) is 5.52. The summed E-state index contributed by atoms with van der Waals surface area (Å²) in [4.78, 5) is 4.41. The van der Waals surface area contributed by atoms with Crippen LogP contribution in [0.3, 0.4) is 0 Å². The van der Waals surface area contributed by atoms with E-state index in [2.05, 4.69) is 17.2 Å². The van der Waals surface area contributed by atoms with Crippen LogP contribution in [-0.2, 0) is 11.2 Å². The molecule has 4 heteroatoms. The van der Waals surface area contributed by atoms with Crippen molar-refractivity contribution in [2.24, 2.45) is 5.92 Å². The molecule has 2 rings (SSSR count). The average Bonchev–Trinajstić information content (AvgIpc) is 3.02. The van der Waals surface area contributed by atoms with Gasteiger partial charge in [-0.05, 0) is 31.7 Å². The first-order valence-corrected chi connectivity index (χ1v) is 7.45. The fourth-order valence-corrected chi connectivity index (χ4v) is 2.84. The van der Waals surface area contributed by atoms with E-state index in [0.717, 1.165) is 50.1 Å². The quantitative estimate of drug-likeness (QED) is 0.735. The third-order valence-electron chi connectivity index (χ3n) is 4.03. The minimum Gasteiger partial charge on any atom is -0.445 e. The minimum atomic E-state index is 0.598. The Morgan fingerprint density at radius 3 is 3.05 bits per heavy atom. The molecule has 1 saturated carbocycles. The first kappa shape index (κ1) is 14.5. The van der Waals surface area contributed by atoms with Crippen LogP contribution in [0.25, 0.3) is 0 Å². The van der Waals surface area contributed by atoms with Crippen LogP contribution in [0.4, 0.5) is 0 Å². The summed E-state index contributed by atoms with van der Waals surface area (Å²) < 4.78 is 10.9. The van der Waals surface area contributed by atoms with E-state index in [-0.39, 0.29) is 0 Å². The molecule has 2 unspecified atom stereocenters. The van der Waals surface area contributed by atoms with Gasteiger partial charge in [-0.25, -0.2) is 4.98 Å². The first-order valence-electron chi connectivity index (χ1n) is 7.45. The maximum absolute atomic E-state index is 5.90. The maximum atomic E-state index is 5.90. The molecule has 0 aromatic carbocycles. The van der Waals surface area contributed by atoms with Crippen LogP contribution in [0.2, 0.25) is 0 Å². The van der Waals surface area contributed by atoms with Crippen LogP contribution >= 0.6 is 0 Å². The normalized spacial score (nSPS) is 23.1. The lowest BCUT2D eigenvalue weighted by atomic mass is 9.96. The smallest absolute Gasteiger partial charge is 0.194 e. The second kappa shape index (κ2) is 7.65. The molecule has 0 aliphatic heterocycles. The van der Waals surface area contributed by atoms with Crippen molar-refractivity contribution in [3.63, 3.8) is 0 Å². The van der Waals surface area contributed by atoms with Gasteiger partial charge in [0.1, 0.15) is 5.76 Å². The summed E-state index contributed by atoms with van der Waals surface area (Å²) in [6, 6.07) is 0. The number of ether oxygens (including phenoxy) is 1. The van der Waals surface area contributed by atoms with Crippen LogP contribution in [0.15, 0.2) is 10.6 Å². The zero-order valence-corrected chi connectivity index (χ0v) is 12.2. The fourth-order valence-electron chi connectivity index (χ4n) is 2.84. The van der Waals surface area contributed by atoms with E-state index in [1.165, 1.54) is 19.3 Å². The summed E-state index contributed by atoms with van der Waals surface area (Å²) in [5.74, 6) is 3.34. The Hall–Kier alpha value is -0.870. The molecule has 1 N–H and O–H groups in total. The molecular formula is C15H26N2O2. The van der Waals surface area contributed by atoms with E-state index in [4.69, 9.17) is 9.15 Å². The standard InChI is InChI=1S/C15H26N2O2/c1-12-5-3-6-13(12)14-11-17-15(19-14)7-4-8-16-9-10-18-2/h11-13,16H,3-10H2,1-2H3. The van der Waals surface area contributed by atoms with E-state index in [0.29, 0.717) is 5.92 Å². The fraction of sp³-hybridized carbons (Fsp3) is 0.800. The third kappa shape index (κ3) is 4.32. The Morgan fingerprint density at radius 1 is 1.42 bits per heavy atom. The Kier molecular flexibility index (Phi) is 5.86.